The van der Waals surface area contributed by atoms with Gasteiger partial charge in [-0.1, -0.05) is 104 Å². The highest BCUT2D eigenvalue weighted by Crippen LogP contribution is 2.44. The zero-order valence-corrected chi connectivity index (χ0v) is 21.0. The van der Waals surface area contributed by atoms with Gasteiger partial charge in [0.25, 0.3) is 0 Å². The SMILES string of the molecule is C/C(=C\[C@@H](Cc1ccccc1)NC(=O)OCC1c2ccccc2-c2ccccc21)[C@H](C(=O)O)C(C)C. The third-order valence-electron chi connectivity index (χ3n) is 6.83. The van der Waals surface area contributed by atoms with E-state index in [9.17, 15) is 14.7 Å². The Labute approximate surface area is 212 Å². The van der Waals surface area contributed by atoms with E-state index < -0.39 is 24.0 Å². The number of carboxylic acid groups (broad SMARTS) is 1. The molecular weight excluding hydrogens is 450 g/mol. The number of rotatable bonds is 9. The quantitative estimate of drug-likeness (QED) is 0.344. The Morgan fingerprint density at radius 3 is 2.03 bits per heavy atom. The van der Waals surface area contributed by atoms with Crippen LogP contribution in [0.2, 0.25) is 0 Å². The third-order valence-corrected chi connectivity index (χ3v) is 6.83. The van der Waals surface area contributed by atoms with Gasteiger partial charge in [-0.05, 0) is 47.1 Å². The van der Waals surface area contributed by atoms with E-state index in [1.54, 1.807) is 0 Å². The van der Waals surface area contributed by atoms with E-state index in [-0.39, 0.29) is 18.4 Å². The molecule has 186 valence electrons. The number of aliphatic carboxylic acids is 1. The summed E-state index contributed by atoms with van der Waals surface area (Å²) in [6, 6.07) is 25.9. The fourth-order valence-electron chi connectivity index (χ4n) is 5.24. The van der Waals surface area contributed by atoms with Gasteiger partial charge in [0, 0.05) is 5.92 Å². The molecule has 3 aromatic rings. The van der Waals surface area contributed by atoms with Crippen LogP contribution in [-0.4, -0.2) is 29.8 Å². The first-order valence-electron chi connectivity index (χ1n) is 12.4. The van der Waals surface area contributed by atoms with Crippen molar-refractivity contribution < 1.29 is 19.4 Å². The highest BCUT2D eigenvalue weighted by molar-refractivity contribution is 5.79. The maximum Gasteiger partial charge on any atom is 0.407 e. The summed E-state index contributed by atoms with van der Waals surface area (Å²) in [5.74, 6) is -1.57. The van der Waals surface area contributed by atoms with Crippen molar-refractivity contribution in [3.05, 3.63) is 107 Å². The molecule has 3 aromatic carbocycles. The fourth-order valence-corrected chi connectivity index (χ4v) is 5.24. The van der Waals surface area contributed by atoms with E-state index in [4.69, 9.17) is 4.74 Å². The number of amides is 1. The summed E-state index contributed by atoms with van der Waals surface area (Å²) in [6.07, 6.45) is 1.87. The molecule has 2 atom stereocenters. The monoisotopic (exact) mass is 483 g/mol. The summed E-state index contributed by atoms with van der Waals surface area (Å²) in [4.78, 5) is 24.8. The van der Waals surface area contributed by atoms with Crippen LogP contribution < -0.4 is 5.32 Å². The van der Waals surface area contributed by atoms with E-state index in [2.05, 4.69) is 29.6 Å². The normalized spacial score (nSPS) is 14.6. The highest BCUT2D eigenvalue weighted by atomic mass is 16.5. The zero-order valence-electron chi connectivity index (χ0n) is 21.0. The van der Waals surface area contributed by atoms with Crippen LogP contribution in [0.25, 0.3) is 11.1 Å². The second-order valence-electron chi connectivity index (χ2n) is 9.74. The second-order valence-corrected chi connectivity index (χ2v) is 9.74. The number of fused-ring (bicyclic) bond motifs is 3. The summed E-state index contributed by atoms with van der Waals surface area (Å²) in [5.41, 5.74) is 6.43. The summed E-state index contributed by atoms with van der Waals surface area (Å²) < 4.78 is 5.75. The Morgan fingerprint density at radius 1 is 0.917 bits per heavy atom. The Morgan fingerprint density at radius 2 is 1.47 bits per heavy atom. The van der Waals surface area contributed by atoms with E-state index in [1.165, 1.54) is 11.1 Å². The van der Waals surface area contributed by atoms with Crippen LogP contribution in [-0.2, 0) is 16.0 Å². The van der Waals surface area contributed by atoms with E-state index in [0.29, 0.717) is 6.42 Å². The summed E-state index contributed by atoms with van der Waals surface area (Å²) in [7, 11) is 0. The molecule has 0 aromatic heterocycles. The number of hydrogen-bond acceptors (Lipinski definition) is 3. The lowest BCUT2D eigenvalue weighted by Gasteiger charge is -2.22. The van der Waals surface area contributed by atoms with Crippen molar-refractivity contribution >= 4 is 12.1 Å². The van der Waals surface area contributed by atoms with Crippen LogP contribution in [0.15, 0.2) is 90.5 Å². The number of nitrogens with one attached hydrogen (secondary N) is 1. The Hall–Kier alpha value is -3.86. The Balaban J connectivity index is 1.50. The molecule has 0 fully saturated rings. The number of ether oxygens (including phenoxy) is 1. The molecule has 0 saturated heterocycles. The summed E-state index contributed by atoms with van der Waals surface area (Å²) >= 11 is 0. The molecule has 5 heteroatoms. The van der Waals surface area contributed by atoms with Crippen molar-refractivity contribution in [2.45, 2.75) is 39.2 Å². The maximum atomic E-state index is 13.0. The smallest absolute Gasteiger partial charge is 0.407 e. The van der Waals surface area contributed by atoms with Gasteiger partial charge in [0.1, 0.15) is 6.61 Å². The lowest BCUT2D eigenvalue weighted by molar-refractivity contribution is -0.141. The van der Waals surface area contributed by atoms with Gasteiger partial charge >= 0.3 is 12.1 Å². The predicted octanol–water partition coefficient (Wildman–Crippen LogP) is 6.44. The first kappa shape index (κ1) is 25.2. The number of carbonyl (C=O) groups excluding carboxylic acids is 1. The first-order chi connectivity index (χ1) is 17.3. The van der Waals surface area contributed by atoms with Crippen molar-refractivity contribution in [2.75, 3.05) is 6.61 Å². The minimum absolute atomic E-state index is 0.0228. The van der Waals surface area contributed by atoms with Crippen LogP contribution in [0.1, 0.15) is 43.4 Å². The van der Waals surface area contributed by atoms with E-state index >= 15 is 0 Å². The maximum absolute atomic E-state index is 13.0. The molecule has 0 aliphatic heterocycles. The van der Waals surface area contributed by atoms with Gasteiger partial charge in [-0.15, -0.1) is 0 Å². The van der Waals surface area contributed by atoms with E-state index in [1.807, 2.05) is 81.4 Å². The van der Waals surface area contributed by atoms with Crippen LogP contribution in [0.5, 0.6) is 0 Å². The zero-order chi connectivity index (χ0) is 25.7. The summed E-state index contributed by atoms with van der Waals surface area (Å²) in [6.45, 7) is 5.82. The molecule has 1 amide bonds. The molecule has 0 unspecified atom stereocenters. The summed E-state index contributed by atoms with van der Waals surface area (Å²) in [5, 5.41) is 12.7. The molecule has 1 aliphatic carbocycles. The molecule has 0 radical (unpaired) electrons. The Bertz CT molecular complexity index is 1200. The molecule has 0 saturated carbocycles. The standard InChI is InChI=1S/C31H33NO4/c1-20(2)29(30(33)34)21(3)17-23(18-22-11-5-4-6-12-22)32-31(35)36-19-28-26-15-9-7-13-24(26)25-14-8-10-16-27(25)28/h4-17,20,23,28-29H,18-19H2,1-3H3,(H,32,35)(H,33,34)/b21-17+/t23-,29+/m0/s1. The predicted molar refractivity (Wildman–Crippen MR) is 142 cm³/mol. The highest BCUT2D eigenvalue weighted by Gasteiger charge is 2.29. The van der Waals surface area contributed by atoms with Crippen molar-refractivity contribution in [3.8, 4) is 11.1 Å². The lowest BCUT2D eigenvalue weighted by Crippen LogP contribution is -2.37. The minimum Gasteiger partial charge on any atom is -0.481 e. The van der Waals surface area contributed by atoms with Crippen molar-refractivity contribution in [1.29, 1.82) is 0 Å². The van der Waals surface area contributed by atoms with Gasteiger partial charge in [0.15, 0.2) is 0 Å². The van der Waals surface area contributed by atoms with Crippen molar-refractivity contribution in [3.63, 3.8) is 0 Å². The molecular formula is C31H33NO4. The molecule has 0 spiro atoms. The van der Waals surface area contributed by atoms with Gasteiger partial charge in [0.05, 0.1) is 12.0 Å². The Kier molecular flexibility index (Phi) is 7.89. The van der Waals surface area contributed by atoms with E-state index in [0.717, 1.165) is 22.3 Å². The van der Waals surface area contributed by atoms with Crippen LogP contribution in [0, 0.1) is 11.8 Å². The molecule has 0 heterocycles. The minimum atomic E-state index is -0.863. The molecule has 1 aliphatic rings. The first-order valence-corrected chi connectivity index (χ1v) is 12.4. The number of alkyl carbamates (subject to hydrolysis) is 1. The number of carbonyl (C=O) groups is 2. The van der Waals surface area contributed by atoms with Crippen LogP contribution >= 0.6 is 0 Å². The van der Waals surface area contributed by atoms with Crippen molar-refractivity contribution in [2.24, 2.45) is 11.8 Å². The van der Waals surface area contributed by atoms with Crippen molar-refractivity contribution in [1.82, 2.24) is 5.32 Å². The fraction of sp³-hybridized carbons (Fsp3) is 0.290. The molecule has 5 nitrogen and oxygen atoms in total. The molecule has 0 bridgehead atoms. The number of hydrogen-bond donors (Lipinski definition) is 2. The average molecular weight is 484 g/mol. The van der Waals surface area contributed by atoms with Gasteiger partial charge < -0.3 is 15.2 Å². The number of carboxylic acids is 1. The average Bonchev–Trinajstić information content (AvgIpc) is 3.16. The number of benzene rings is 3. The topological polar surface area (TPSA) is 75.6 Å². The van der Waals surface area contributed by atoms with Gasteiger partial charge in [-0.3, -0.25) is 4.79 Å². The largest absolute Gasteiger partial charge is 0.481 e. The molecule has 2 N–H and O–H groups in total. The van der Waals surface area contributed by atoms with Gasteiger partial charge in [-0.25, -0.2) is 4.79 Å². The van der Waals surface area contributed by atoms with Crippen LogP contribution in [0.3, 0.4) is 0 Å². The van der Waals surface area contributed by atoms with Gasteiger partial charge in [0.2, 0.25) is 0 Å². The van der Waals surface area contributed by atoms with Gasteiger partial charge in [-0.2, -0.15) is 0 Å². The third kappa shape index (κ3) is 5.68. The van der Waals surface area contributed by atoms with Crippen LogP contribution in [0.4, 0.5) is 4.79 Å². The second kappa shape index (κ2) is 11.3. The molecule has 36 heavy (non-hydrogen) atoms. The lowest BCUT2D eigenvalue weighted by atomic mass is 9.87. The molecule has 4 rings (SSSR count).